The van der Waals surface area contributed by atoms with Crippen LogP contribution in [0.25, 0.3) is 34.2 Å². The number of aromatic nitrogens is 3. The van der Waals surface area contributed by atoms with E-state index in [2.05, 4.69) is 68.6 Å². The molecular weight excluding hydrogens is 344 g/mol. The van der Waals surface area contributed by atoms with E-state index in [0.29, 0.717) is 0 Å². The predicted molar refractivity (Wildman–Crippen MR) is 116 cm³/mol. The van der Waals surface area contributed by atoms with Crippen molar-refractivity contribution in [3.8, 4) is 11.1 Å². The van der Waals surface area contributed by atoms with E-state index in [1.807, 2.05) is 30.6 Å². The summed E-state index contributed by atoms with van der Waals surface area (Å²) in [5.74, 6) is 0. The summed E-state index contributed by atoms with van der Waals surface area (Å²) in [6, 6.07) is 19.0. The first-order valence-electron chi connectivity index (χ1n) is 9.79. The molecule has 138 valence electrons. The van der Waals surface area contributed by atoms with Gasteiger partial charge in [0.2, 0.25) is 0 Å². The van der Waals surface area contributed by atoms with Crippen molar-refractivity contribution in [3.63, 3.8) is 0 Å². The number of H-pyrrole nitrogens is 1. The van der Waals surface area contributed by atoms with Gasteiger partial charge < -0.3 is 4.90 Å². The maximum absolute atomic E-state index is 4.57. The summed E-state index contributed by atoms with van der Waals surface area (Å²) in [7, 11) is 0. The van der Waals surface area contributed by atoms with E-state index < -0.39 is 0 Å². The highest BCUT2D eigenvalue weighted by atomic mass is 15.2. The first-order chi connectivity index (χ1) is 13.9. The van der Waals surface area contributed by atoms with E-state index in [0.717, 1.165) is 29.7 Å². The van der Waals surface area contributed by atoms with Gasteiger partial charge in [-0.15, -0.1) is 0 Å². The molecule has 0 radical (unpaired) electrons. The minimum absolute atomic E-state index is 0.960. The zero-order valence-electron chi connectivity index (χ0n) is 15.7. The fraction of sp³-hybridized carbons (Fsp3) is 0.167. The van der Waals surface area contributed by atoms with Gasteiger partial charge in [0, 0.05) is 42.1 Å². The number of aromatic amines is 1. The van der Waals surface area contributed by atoms with Crippen LogP contribution in [0.15, 0.2) is 67.0 Å². The number of pyridine rings is 1. The third-order valence-corrected chi connectivity index (χ3v) is 5.38. The lowest BCUT2D eigenvalue weighted by atomic mass is 10.0. The zero-order valence-corrected chi connectivity index (χ0v) is 15.7. The molecule has 1 N–H and O–H groups in total. The van der Waals surface area contributed by atoms with Gasteiger partial charge in [0.25, 0.3) is 0 Å². The number of nitrogens with zero attached hydrogens (tertiary/aromatic N) is 3. The number of anilines is 1. The number of rotatable bonds is 4. The Balaban J connectivity index is 1.62. The van der Waals surface area contributed by atoms with Gasteiger partial charge in [-0.05, 0) is 54.3 Å². The molecule has 0 saturated carbocycles. The van der Waals surface area contributed by atoms with Gasteiger partial charge in [0.05, 0.1) is 11.2 Å². The molecule has 4 aromatic rings. The second-order valence-corrected chi connectivity index (χ2v) is 7.20. The maximum Gasteiger partial charge on any atom is 0.0927 e. The minimum atomic E-state index is 0.960. The SMILES string of the molecule is C(=C\c1n[nH]c2cc(N3CCCC3)c(-c3ccncc3)cc12)/c1ccccc1. The van der Waals surface area contributed by atoms with Crippen LogP contribution in [-0.4, -0.2) is 28.3 Å². The summed E-state index contributed by atoms with van der Waals surface area (Å²) in [6.45, 7) is 2.22. The molecule has 0 amide bonds. The summed E-state index contributed by atoms with van der Waals surface area (Å²) in [5, 5.41) is 8.94. The van der Waals surface area contributed by atoms with Crippen LogP contribution >= 0.6 is 0 Å². The number of benzene rings is 2. The Morgan fingerprint density at radius 1 is 0.893 bits per heavy atom. The molecule has 4 nitrogen and oxygen atoms in total. The number of nitrogens with one attached hydrogen (secondary N) is 1. The molecular formula is C24H22N4. The lowest BCUT2D eigenvalue weighted by Gasteiger charge is -2.22. The molecule has 1 aliphatic heterocycles. The minimum Gasteiger partial charge on any atom is -0.371 e. The smallest absolute Gasteiger partial charge is 0.0927 e. The van der Waals surface area contributed by atoms with Crippen molar-refractivity contribution in [1.82, 2.24) is 15.2 Å². The number of hydrogen-bond donors (Lipinski definition) is 1. The highest BCUT2D eigenvalue weighted by Gasteiger charge is 2.19. The Hall–Kier alpha value is -3.40. The summed E-state index contributed by atoms with van der Waals surface area (Å²) < 4.78 is 0. The Morgan fingerprint density at radius 3 is 2.46 bits per heavy atom. The van der Waals surface area contributed by atoms with E-state index in [1.54, 1.807) is 0 Å². The molecule has 2 aromatic heterocycles. The van der Waals surface area contributed by atoms with Gasteiger partial charge >= 0.3 is 0 Å². The third-order valence-electron chi connectivity index (χ3n) is 5.38. The molecule has 0 atom stereocenters. The van der Waals surface area contributed by atoms with Crippen LogP contribution in [0, 0.1) is 0 Å². The predicted octanol–water partition coefficient (Wildman–Crippen LogP) is 5.40. The van der Waals surface area contributed by atoms with Crippen molar-refractivity contribution in [2.24, 2.45) is 0 Å². The van der Waals surface area contributed by atoms with Crippen LogP contribution in [0.4, 0.5) is 5.69 Å². The lowest BCUT2D eigenvalue weighted by Crippen LogP contribution is -2.18. The highest BCUT2D eigenvalue weighted by Crippen LogP contribution is 2.37. The second-order valence-electron chi connectivity index (χ2n) is 7.20. The maximum atomic E-state index is 4.57. The van der Waals surface area contributed by atoms with Gasteiger partial charge in [-0.1, -0.05) is 36.4 Å². The number of fused-ring (bicyclic) bond motifs is 1. The Labute approximate surface area is 164 Å². The topological polar surface area (TPSA) is 44.8 Å². The van der Waals surface area contributed by atoms with Gasteiger partial charge in [-0.25, -0.2) is 0 Å². The molecule has 28 heavy (non-hydrogen) atoms. The largest absolute Gasteiger partial charge is 0.371 e. The van der Waals surface area contributed by atoms with Gasteiger partial charge in [0.15, 0.2) is 0 Å². The Morgan fingerprint density at radius 2 is 1.68 bits per heavy atom. The van der Waals surface area contributed by atoms with E-state index in [-0.39, 0.29) is 0 Å². The average Bonchev–Trinajstić information content (AvgIpc) is 3.43. The average molecular weight is 366 g/mol. The van der Waals surface area contributed by atoms with Crippen molar-refractivity contribution < 1.29 is 0 Å². The molecule has 0 bridgehead atoms. The fourth-order valence-electron chi connectivity index (χ4n) is 3.92. The molecule has 1 aliphatic rings. The summed E-state index contributed by atoms with van der Waals surface area (Å²) in [5.41, 5.74) is 6.92. The normalized spacial score (nSPS) is 14.4. The standard InChI is InChI=1S/C24H22N4/c1-2-6-18(7-3-1)8-9-22-21-16-20(19-10-12-25-13-11-19)24(17-23(21)27-26-22)28-14-4-5-15-28/h1-3,6-13,16-17H,4-5,14-15H2,(H,26,27)/b9-8+. The summed E-state index contributed by atoms with van der Waals surface area (Å²) in [6.07, 6.45) is 10.4. The quantitative estimate of drug-likeness (QED) is 0.526. The van der Waals surface area contributed by atoms with E-state index >= 15 is 0 Å². The van der Waals surface area contributed by atoms with Gasteiger partial charge in [-0.2, -0.15) is 5.10 Å². The molecule has 0 aliphatic carbocycles. The van der Waals surface area contributed by atoms with Gasteiger partial charge in [-0.3, -0.25) is 10.1 Å². The van der Waals surface area contributed by atoms with Crippen LogP contribution in [0.1, 0.15) is 24.1 Å². The van der Waals surface area contributed by atoms with Crippen LogP contribution < -0.4 is 4.90 Å². The lowest BCUT2D eigenvalue weighted by molar-refractivity contribution is 0.949. The molecule has 1 fully saturated rings. The zero-order chi connectivity index (χ0) is 18.8. The van der Waals surface area contributed by atoms with Crippen molar-refractivity contribution in [2.45, 2.75) is 12.8 Å². The summed E-state index contributed by atoms with van der Waals surface area (Å²) in [4.78, 5) is 6.67. The third kappa shape index (κ3) is 3.18. The first-order valence-corrected chi connectivity index (χ1v) is 9.79. The van der Waals surface area contributed by atoms with Crippen molar-refractivity contribution >= 4 is 28.7 Å². The molecule has 2 aromatic carbocycles. The van der Waals surface area contributed by atoms with Crippen LogP contribution in [0.3, 0.4) is 0 Å². The van der Waals surface area contributed by atoms with Crippen LogP contribution in [0.5, 0.6) is 0 Å². The second kappa shape index (κ2) is 7.31. The van der Waals surface area contributed by atoms with Crippen molar-refractivity contribution in [1.29, 1.82) is 0 Å². The Kier molecular flexibility index (Phi) is 4.37. The number of hydrogen-bond acceptors (Lipinski definition) is 3. The highest BCUT2D eigenvalue weighted by molar-refractivity contribution is 5.97. The van der Waals surface area contributed by atoms with E-state index in [4.69, 9.17) is 0 Å². The molecule has 0 spiro atoms. The Bertz CT molecular complexity index is 1110. The molecule has 0 unspecified atom stereocenters. The monoisotopic (exact) mass is 366 g/mol. The molecule has 4 heteroatoms. The first kappa shape index (κ1) is 16.8. The molecule has 3 heterocycles. The van der Waals surface area contributed by atoms with Crippen LogP contribution in [-0.2, 0) is 0 Å². The fourth-order valence-corrected chi connectivity index (χ4v) is 3.92. The van der Waals surface area contributed by atoms with E-state index in [9.17, 15) is 0 Å². The molecule has 1 saturated heterocycles. The molecule has 5 rings (SSSR count). The van der Waals surface area contributed by atoms with Gasteiger partial charge in [0.1, 0.15) is 0 Å². The van der Waals surface area contributed by atoms with Crippen molar-refractivity contribution in [3.05, 3.63) is 78.2 Å². The van der Waals surface area contributed by atoms with Crippen LogP contribution in [0.2, 0.25) is 0 Å². The van der Waals surface area contributed by atoms with Crippen molar-refractivity contribution in [2.75, 3.05) is 18.0 Å². The van der Waals surface area contributed by atoms with E-state index in [1.165, 1.54) is 35.2 Å². The summed E-state index contributed by atoms with van der Waals surface area (Å²) >= 11 is 0.